The zero-order chi connectivity index (χ0) is 26.6. The second kappa shape index (κ2) is 9.91. The Hall–Kier alpha value is -5.94. The van der Waals surface area contributed by atoms with Gasteiger partial charge in [0.15, 0.2) is 0 Å². The van der Waals surface area contributed by atoms with Crippen LogP contribution < -0.4 is 10.4 Å². The Morgan fingerprint density at radius 1 is 0.528 bits per heavy atom. The molecule has 0 radical (unpaired) electrons. The van der Waals surface area contributed by atoms with Gasteiger partial charge in [0.25, 0.3) is 0 Å². The number of rotatable bonds is 2. The van der Waals surface area contributed by atoms with Gasteiger partial charge in [0.1, 0.15) is 70.8 Å². The highest BCUT2D eigenvalue weighted by Crippen LogP contribution is 2.27. The molecule has 36 heavy (non-hydrogen) atoms. The van der Waals surface area contributed by atoms with Gasteiger partial charge in [-0.15, -0.1) is 0 Å². The lowest BCUT2D eigenvalue weighted by molar-refractivity contribution is 0.590. The molecule has 10 heteroatoms. The second-order valence-corrected chi connectivity index (χ2v) is 6.94. The minimum atomic E-state index is -1.48. The highest BCUT2D eigenvalue weighted by Gasteiger charge is 2.25. The Bertz CT molecular complexity index is 1680. The van der Waals surface area contributed by atoms with E-state index in [1.165, 1.54) is 24.3 Å². The van der Waals surface area contributed by atoms with E-state index in [0.29, 0.717) is 12.1 Å². The van der Waals surface area contributed by atoms with E-state index in [1.807, 2.05) is 0 Å². The first-order valence-electron chi connectivity index (χ1n) is 9.57. The van der Waals surface area contributed by atoms with E-state index in [1.54, 1.807) is 12.1 Å². The van der Waals surface area contributed by atoms with Crippen molar-refractivity contribution in [3.05, 3.63) is 81.2 Å². The van der Waals surface area contributed by atoms with E-state index in [2.05, 4.69) is 0 Å². The molecule has 168 valence electrons. The van der Waals surface area contributed by atoms with Crippen molar-refractivity contribution in [1.29, 1.82) is 31.6 Å². The molecule has 0 atom stereocenters. The lowest BCUT2D eigenvalue weighted by Gasteiger charge is -2.14. The zero-order valence-corrected chi connectivity index (χ0v) is 17.7. The first-order chi connectivity index (χ1) is 17.3. The molecule has 0 aliphatic heterocycles. The summed E-state index contributed by atoms with van der Waals surface area (Å²) >= 11 is 0. The molecule has 6 nitrogen and oxygen atoms in total. The van der Waals surface area contributed by atoms with E-state index in [-0.39, 0.29) is 0 Å². The van der Waals surface area contributed by atoms with E-state index >= 15 is 8.78 Å². The molecule has 0 N–H and O–H groups in total. The summed E-state index contributed by atoms with van der Waals surface area (Å²) in [4.78, 5) is 0. The average molecular weight is 478 g/mol. The van der Waals surface area contributed by atoms with Crippen molar-refractivity contribution in [1.82, 2.24) is 0 Å². The normalized spacial score (nSPS) is 9.50. The molecular formula is C26H6F4N6. The van der Waals surface area contributed by atoms with Crippen LogP contribution in [0.15, 0.2) is 36.4 Å². The molecule has 3 rings (SSSR count). The highest BCUT2D eigenvalue weighted by molar-refractivity contribution is 5.86. The van der Waals surface area contributed by atoms with Crippen molar-refractivity contribution in [2.24, 2.45) is 0 Å². The van der Waals surface area contributed by atoms with Gasteiger partial charge in [-0.25, -0.2) is 17.6 Å². The number of benzene rings is 3. The molecule has 0 aliphatic rings. The standard InChI is InChI=1S/C26H6F4N6/c27-19-5-13(1-3-15(19)7-31)21-23(17(9-33)10-34)26(30)22(24(25(21)29)18(11-35)12-36)14-2-4-16(8-32)20(28)6-14/h1-6H. The summed E-state index contributed by atoms with van der Waals surface area (Å²) in [6.07, 6.45) is 0. The van der Waals surface area contributed by atoms with Crippen LogP contribution in [0.4, 0.5) is 17.6 Å². The SMILES string of the molecule is N#CC(C#N)=c1c(F)c(-c2ccc(C#N)c(F)c2)c(=C(C#N)C#N)c(F)c1-c1ccc(C#N)c(F)c1. The molecule has 0 saturated carbocycles. The number of hydrogen-bond acceptors (Lipinski definition) is 6. The number of hydrogen-bond donors (Lipinski definition) is 0. The Morgan fingerprint density at radius 2 is 0.861 bits per heavy atom. The summed E-state index contributed by atoms with van der Waals surface area (Å²) in [7, 11) is 0. The molecule has 0 bridgehead atoms. The third kappa shape index (κ3) is 3.96. The highest BCUT2D eigenvalue weighted by atomic mass is 19.1. The quantitative estimate of drug-likeness (QED) is 0.514. The van der Waals surface area contributed by atoms with Gasteiger partial charge < -0.3 is 0 Å². The minimum Gasteiger partial charge on any atom is -0.206 e. The molecule has 0 amide bonds. The number of nitrogens with zero attached hydrogens (tertiary/aromatic N) is 6. The predicted molar refractivity (Wildman–Crippen MR) is 115 cm³/mol. The van der Waals surface area contributed by atoms with Crippen LogP contribution in [0.5, 0.6) is 0 Å². The van der Waals surface area contributed by atoms with Crippen LogP contribution in [0.3, 0.4) is 0 Å². The molecule has 0 spiro atoms. The van der Waals surface area contributed by atoms with Crippen LogP contribution in [0.1, 0.15) is 11.1 Å². The fourth-order valence-electron chi connectivity index (χ4n) is 3.50. The van der Waals surface area contributed by atoms with Crippen LogP contribution >= 0.6 is 0 Å². The number of halogens is 4. The van der Waals surface area contributed by atoms with Crippen LogP contribution in [0.2, 0.25) is 0 Å². The third-order valence-corrected chi connectivity index (χ3v) is 5.08. The summed E-state index contributed by atoms with van der Waals surface area (Å²) in [5.41, 5.74) is -5.22. The average Bonchev–Trinajstić information content (AvgIpc) is 2.88. The first-order valence-corrected chi connectivity index (χ1v) is 9.57. The lowest BCUT2D eigenvalue weighted by atomic mass is 9.90. The molecule has 0 heterocycles. The first kappa shape index (κ1) is 24.7. The van der Waals surface area contributed by atoms with Crippen molar-refractivity contribution in [3.63, 3.8) is 0 Å². The molecule has 3 aromatic carbocycles. The lowest BCUT2D eigenvalue weighted by Crippen LogP contribution is -2.28. The Kier molecular flexibility index (Phi) is 6.80. The van der Waals surface area contributed by atoms with Crippen molar-refractivity contribution in [2.75, 3.05) is 0 Å². The van der Waals surface area contributed by atoms with Crippen molar-refractivity contribution in [2.45, 2.75) is 0 Å². The fourth-order valence-corrected chi connectivity index (χ4v) is 3.50. The third-order valence-electron chi connectivity index (χ3n) is 5.08. The molecule has 0 fully saturated rings. The minimum absolute atomic E-state index is 0.407. The predicted octanol–water partition coefficient (Wildman–Crippen LogP) is 3.72. The maximum atomic E-state index is 16.1. The Balaban J connectivity index is 2.76. The van der Waals surface area contributed by atoms with Gasteiger partial charge in [0.05, 0.1) is 21.6 Å². The molecule has 3 aromatic rings. The molecule has 0 aliphatic carbocycles. The van der Waals surface area contributed by atoms with E-state index in [0.717, 1.165) is 24.3 Å². The second-order valence-electron chi connectivity index (χ2n) is 6.94. The van der Waals surface area contributed by atoms with Gasteiger partial charge in [0.2, 0.25) is 0 Å². The van der Waals surface area contributed by atoms with Crippen molar-refractivity contribution < 1.29 is 17.6 Å². The summed E-state index contributed by atoms with van der Waals surface area (Å²) < 4.78 is 60.9. The Morgan fingerprint density at radius 3 is 1.11 bits per heavy atom. The van der Waals surface area contributed by atoms with Crippen molar-refractivity contribution in [3.8, 4) is 58.7 Å². The largest absolute Gasteiger partial charge is 0.206 e. The van der Waals surface area contributed by atoms with Crippen LogP contribution in [-0.2, 0) is 0 Å². The van der Waals surface area contributed by atoms with Crippen molar-refractivity contribution >= 4 is 11.1 Å². The monoisotopic (exact) mass is 478 g/mol. The van der Waals surface area contributed by atoms with Gasteiger partial charge in [-0.05, 0) is 35.4 Å². The van der Waals surface area contributed by atoms with E-state index < -0.39 is 78.2 Å². The molecule has 0 aromatic heterocycles. The molecule has 0 saturated heterocycles. The maximum Gasteiger partial charge on any atom is 0.141 e. The van der Waals surface area contributed by atoms with Crippen LogP contribution in [-0.4, -0.2) is 0 Å². The van der Waals surface area contributed by atoms with Gasteiger partial charge in [-0.2, -0.15) is 31.6 Å². The summed E-state index contributed by atoms with van der Waals surface area (Å²) in [5, 5.41) is 53.8. The topological polar surface area (TPSA) is 143 Å². The molecule has 0 unspecified atom stereocenters. The van der Waals surface area contributed by atoms with Gasteiger partial charge in [-0.3, -0.25) is 0 Å². The van der Waals surface area contributed by atoms with E-state index in [4.69, 9.17) is 10.5 Å². The van der Waals surface area contributed by atoms with Crippen LogP contribution in [0.25, 0.3) is 33.4 Å². The van der Waals surface area contributed by atoms with Crippen LogP contribution in [0, 0.1) is 91.3 Å². The smallest absolute Gasteiger partial charge is 0.141 e. The summed E-state index contributed by atoms with van der Waals surface area (Å²) in [6, 6.07) is 14.1. The molecular weight excluding hydrogens is 472 g/mol. The zero-order valence-electron chi connectivity index (χ0n) is 17.7. The maximum absolute atomic E-state index is 16.1. The van der Waals surface area contributed by atoms with Gasteiger partial charge in [-0.1, -0.05) is 12.1 Å². The summed E-state index contributed by atoms with van der Waals surface area (Å²) in [6.45, 7) is 0. The number of nitriles is 6. The van der Waals surface area contributed by atoms with Gasteiger partial charge in [0, 0.05) is 11.1 Å². The summed E-state index contributed by atoms with van der Waals surface area (Å²) in [5.74, 6) is -5.20. The Labute approximate surface area is 200 Å². The fraction of sp³-hybridized carbons (Fsp3) is 0. The van der Waals surface area contributed by atoms with E-state index in [9.17, 15) is 29.8 Å². The van der Waals surface area contributed by atoms with Gasteiger partial charge >= 0.3 is 0 Å².